The van der Waals surface area contributed by atoms with Gasteiger partial charge in [0.25, 0.3) is 0 Å². The second kappa shape index (κ2) is 11.3. The van der Waals surface area contributed by atoms with Crippen LogP contribution in [0.25, 0.3) is 22.5 Å². The highest BCUT2D eigenvalue weighted by Gasteiger charge is 2.52. The number of carbonyl (C=O) groups excluding carboxylic acids is 1. The molecule has 1 aromatic heterocycles. The van der Waals surface area contributed by atoms with E-state index in [1.807, 2.05) is 13.8 Å². The molecule has 0 saturated heterocycles. The Balaban J connectivity index is 1.30. The van der Waals surface area contributed by atoms with Gasteiger partial charge in [0.05, 0.1) is 12.0 Å². The Labute approximate surface area is 225 Å². The molecule has 3 aromatic carbocycles. The van der Waals surface area contributed by atoms with Gasteiger partial charge in [-0.3, -0.25) is 4.79 Å². The zero-order chi connectivity index (χ0) is 26.5. The first-order valence-corrected chi connectivity index (χ1v) is 13.7. The molecule has 5 rings (SSSR count). The molecule has 196 valence electrons. The Morgan fingerprint density at radius 1 is 0.921 bits per heavy atom. The van der Waals surface area contributed by atoms with Crippen molar-refractivity contribution in [1.29, 1.82) is 0 Å². The lowest BCUT2D eigenvalue weighted by Gasteiger charge is -2.23. The Kier molecular flexibility index (Phi) is 7.64. The summed E-state index contributed by atoms with van der Waals surface area (Å²) < 4.78 is 11.2. The summed E-state index contributed by atoms with van der Waals surface area (Å²) in [6.07, 6.45) is 3.83. The summed E-state index contributed by atoms with van der Waals surface area (Å²) in [4.78, 5) is 14.8. The van der Waals surface area contributed by atoms with Gasteiger partial charge >= 0.3 is 5.97 Å². The molecule has 0 spiro atoms. The normalized spacial score (nSPS) is 13.8. The zero-order valence-electron chi connectivity index (χ0n) is 22.6. The topological polar surface area (TPSA) is 55.6 Å². The predicted octanol–water partition coefficient (Wildman–Crippen LogP) is 7.37. The van der Waals surface area contributed by atoms with Crippen LogP contribution >= 0.6 is 0 Å². The van der Waals surface area contributed by atoms with Gasteiger partial charge in [0.15, 0.2) is 5.76 Å². The maximum Gasteiger partial charge on any atom is 0.316 e. The van der Waals surface area contributed by atoms with E-state index in [-0.39, 0.29) is 5.97 Å². The number of aromatic nitrogens is 1. The van der Waals surface area contributed by atoms with Gasteiger partial charge in [0.1, 0.15) is 11.4 Å². The van der Waals surface area contributed by atoms with Gasteiger partial charge in [-0.25, -0.2) is 0 Å². The molecule has 5 nitrogen and oxygen atoms in total. The van der Waals surface area contributed by atoms with Gasteiger partial charge in [0, 0.05) is 18.7 Å². The molecule has 1 saturated carbocycles. The van der Waals surface area contributed by atoms with E-state index in [0.717, 1.165) is 78.2 Å². The van der Waals surface area contributed by atoms with Crippen molar-refractivity contribution < 1.29 is 14.1 Å². The van der Waals surface area contributed by atoms with Crippen LogP contribution in [0.5, 0.6) is 0 Å². The van der Waals surface area contributed by atoms with Crippen molar-refractivity contribution in [1.82, 2.24) is 5.16 Å². The van der Waals surface area contributed by atoms with E-state index in [4.69, 9.17) is 9.26 Å². The van der Waals surface area contributed by atoms with Gasteiger partial charge in [-0.2, -0.15) is 0 Å². The van der Waals surface area contributed by atoms with Crippen LogP contribution in [0.2, 0.25) is 0 Å². The summed E-state index contributed by atoms with van der Waals surface area (Å²) in [5.41, 5.74) is 7.21. The first-order chi connectivity index (χ1) is 18.6. The number of hydrogen-bond acceptors (Lipinski definition) is 5. The molecule has 1 aliphatic carbocycles. The maximum atomic E-state index is 12.4. The summed E-state index contributed by atoms with van der Waals surface area (Å²) in [5.74, 6) is 0.715. The van der Waals surface area contributed by atoms with E-state index < -0.39 is 5.41 Å². The fourth-order valence-electron chi connectivity index (χ4n) is 5.27. The Hall–Kier alpha value is -3.86. The van der Waals surface area contributed by atoms with Gasteiger partial charge in [-0.15, -0.1) is 0 Å². The number of hydrogen-bond donors (Lipinski definition) is 0. The van der Waals surface area contributed by atoms with E-state index >= 15 is 0 Å². The van der Waals surface area contributed by atoms with Crippen LogP contribution in [0.4, 0.5) is 5.69 Å². The number of anilines is 1. The molecule has 1 aliphatic rings. The molecule has 0 bridgehead atoms. The van der Waals surface area contributed by atoms with Crippen molar-refractivity contribution in [3.05, 3.63) is 95.7 Å². The van der Waals surface area contributed by atoms with Crippen molar-refractivity contribution >= 4 is 11.7 Å². The Morgan fingerprint density at radius 3 is 2.16 bits per heavy atom. The van der Waals surface area contributed by atoms with E-state index in [0.29, 0.717) is 6.61 Å². The van der Waals surface area contributed by atoms with Crippen LogP contribution in [-0.4, -0.2) is 30.8 Å². The minimum Gasteiger partial charge on any atom is -0.465 e. The van der Waals surface area contributed by atoms with Crippen LogP contribution < -0.4 is 4.90 Å². The quantitative estimate of drug-likeness (QED) is 0.198. The molecule has 0 aliphatic heterocycles. The molecular formula is C33H36N2O3. The van der Waals surface area contributed by atoms with Crippen molar-refractivity contribution in [2.24, 2.45) is 0 Å². The first kappa shape index (κ1) is 25.8. The SMILES string of the molecule is CCOC(=O)C1(c2ccc(-c3ccc(-c4onc(C)c4N(CC)CCCc4ccccc4)cc3)cc2)CC1. The van der Waals surface area contributed by atoms with Crippen LogP contribution in [0.15, 0.2) is 83.4 Å². The molecule has 0 amide bonds. The third kappa shape index (κ3) is 5.24. The second-order valence-electron chi connectivity index (χ2n) is 10.1. The largest absolute Gasteiger partial charge is 0.465 e. The monoisotopic (exact) mass is 508 g/mol. The highest BCUT2D eigenvalue weighted by atomic mass is 16.5. The summed E-state index contributed by atoms with van der Waals surface area (Å²) in [6.45, 7) is 8.30. The van der Waals surface area contributed by atoms with Crippen LogP contribution in [-0.2, 0) is 21.4 Å². The number of ether oxygens (including phenoxy) is 1. The van der Waals surface area contributed by atoms with Gasteiger partial charge in [-0.1, -0.05) is 84.0 Å². The minimum atomic E-state index is -0.439. The summed E-state index contributed by atoms with van der Waals surface area (Å²) >= 11 is 0. The van der Waals surface area contributed by atoms with E-state index in [1.165, 1.54) is 5.56 Å². The second-order valence-corrected chi connectivity index (χ2v) is 10.1. The van der Waals surface area contributed by atoms with Crippen molar-refractivity contribution in [3.63, 3.8) is 0 Å². The summed E-state index contributed by atoms with van der Waals surface area (Å²) in [7, 11) is 0. The van der Waals surface area contributed by atoms with E-state index in [1.54, 1.807) is 0 Å². The van der Waals surface area contributed by atoms with Gasteiger partial charge in [-0.05, 0) is 68.7 Å². The molecule has 5 heteroatoms. The number of rotatable bonds is 11. The van der Waals surface area contributed by atoms with E-state index in [9.17, 15) is 4.79 Å². The standard InChI is InChI=1S/C33H36N2O3/c1-4-35(23-9-12-25-10-7-6-8-11-25)30-24(3)34-38-31(30)28-15-13-26(14-16-28)27-17-19-29(20-18-27)33(21-22-33)32(36)37-5-2/h6-8,10-11,13-20H,4-5,9,12,21-23H2,1-3H3. The molecule has 1 fully saturated rings. The van der Waals surface area contributed by atoms with Crippen molar-refractivity contribution in [2.45, 2.75) is 51.9 Å². The van der Waals surface area contributed by atoms with Crippen LogP contribution in [0, 0.1) is 6.92 Å². The third-order valence-electron chi connectivity index (χ3n) is 7.60. The average Bonchev–Trinajstić information content (AvgIpc) is 3.69. The van der Waals surface area contributed by atoms with E-state index in [2.05, 4.69) is 95.8 Å². The lowest BCUT2D eigenvalue weighted by atomic mass is 9.93. The Morgan fingerprint density at radius 2 is 1.55 bits per heavy atom. The molecule has 0 radical (unpaired) electrons. The smallest absolute Gasteiger partial charge is 0.316 e. The Bertz CT molecular complexity index is 1350. The molecule has 1 heterocycles. The molecule has 0 unspecified atom stereocenters. The molecule has 0 N–H and O–H groups in total. The van der Waals surface area contributed by atoms with Crippen molar-refractivity contribution in [2.75, 3.05) is 24.6 Å². The summed E-state index contributed by atoms with van der Waals surface area (Å²) in [5, 5.41) is 4.32. The molecular weight excluding hydrogens is 472 g/mol. The highest BCUT2D eigenvalue weighted by Crippen LogP contribution is 2.49. The van der Waals surface area contributed by atoms with Gasteiger partial charge < -0.3 is 14.2 Å². The fraction of sp³-hybridized carbons (Fsp3) is 0.333. The number of esters is 1. The minimum absolute atomic E-state index is 0.101. The zero-order valence-corrected chi connectivity index (χ0v) is 22.6. The van der Waals surface area contributed by atoms with Crippen LogP contribution in [0.1, 0.15) is 49.9 Å². The van der Waals surface area contributed by atoms with Gasteiger partial charge in [0.2, 0.25) is 0 Å². The molecule has 4 aromatic rings. The third-order valence-corrected chi connectivity index (χ3v) is 7.60. The fourth-order valence-corrected chi connectivity index (χ4v) is 5.27. The maximum absolute atomic E-state index is 12.4. The number of carbonyl (C=O) groups is 1. The first-order valence-electron chi connectivity index (χ1n) is 13.7. The van der Waals surface area contributed by atoms with Crippen LogP contribution in [0.3, 0.4) is 0 Å². The number of benzene rings is 3. The summed E-state index contributed by atoms with van der Waals surface area (Å²) in [6, 6.07) is 27.4. The molecule has 38 heavy (non-hydrogen) atoms. The van der Waals surface area contributed by atoms with Crippen molar-refractivity contribution in [3.8, 4) is 22.5 Å². The number of nitrogens with zero attached hydrogens (tertiary/aromatic N) is 2. The highest BCUT2D eigenvalue weighted by molar-refractivity contribution is 5.87. The lowest BCUT2D eigenvalue weighted by Crippen LogP contribution is -2.25. The number of aryl methyl sites for hydroxylation is 2. The lowest BCUT2D eigenvalue weighted by molar-refractivity contribution is -0.146. The predicted molar refractivity (Wildman–Crippen MR) is 152 cm³/mol. The average molecular weight is 509 g/mol. The molecule has 0 atom stereocenters.